The van der Waals surface area contributed by atoms with Gasteiger partial charge in [0.2, 0.25) is 0 Å². The Balaban J connectivity index is 3.30. The normalized spacial score (nSPS) is 13.0. The molecular weight excluding hydrogens is 205 g/mol. The molecule has 16 heavy (non-hydrogen) atoms. The minimum absolute atomic E-state index is 0.267. The second-order valence-electron chi connectivity index (χ2n) is 4.54. The Bertz CT molecular complexity index is 374. The van der Waals surface area contributed by atoms with Gasteiger partial charge < -0.3 is 10.0 Å². The maximum atomic E-state index is 13.5. The molecule has 1 N–H and O–H groups in total. The fourth-order valence-electron chi connectivity index (χ4n) is 1.60. The fraction of sp³-hybridized carbons (Fsp3) is 0.538. The van der Waals surface area contributed by atoms with E-state index in [0.717, 1.165) is 5.69 Å². The van der Waals surface area contributed by atoms with Crippen LogP contribution >= 0.6 is 0 Å². The van der Waals surface area contributed by atoms with E-state index in [1.807, 2.05) is 11.9 Å². The van der Waals surface area contributed by atoms with E-state index >= 15 is 0 Å². The van der Waals surface area contributed by atoms with Gasteiger partial charge in [-0.05, 0) is 45.4 Å². The van der Waals surface area contributed by atoms with Gasteiger partial charge in [-0.15, -0.1) is 0 Å². The number of nitrogens with zero attached hydrogens (tertiary/aromatic N) is 1. The van der Waals surface area contributed by atoms with Crippen LogP contribution in [0.5, 0.6) is 0 Å². The molecule has 0 aromatic heterocycles. The van der Waals surface area contributed by atoms with Gasteiger partial charge >= 0.3 is 0 Å². The largest absolute Gasteiger partial charge is 0.389 e. The number of aliphatic hydroxyl groups is 1. The van der Waals surface area contributed by atoms with Crippen LogP contribution in [-0.4, -0.2) is 18.2 Å². The highest BCUT2D eigenvalue weighted by atomic mass is 19.1. The quantitative estimate of drug-likeness (QED) is 0.854. The second-order valence-corrected chi connectivity index (χ2v) is 4.54. The van der Waals surface area contributed by atoms with Crippen molar-refractivity contribution in [2.45, 2.75) is 39.8 Å². The first-order valence-electron chi connectivity index (χ1n) is 5.55. The summed E-state index contributed by atoms with van der Waals surface area (Å²) in [6.45, 7) is 7.51. The molecule has 0 aliphatic rings. The maximum absolute atomic E-state index is 13.5. The summed E-state index contributed by atoms with van der Waals surface area (Å²) >= 11 is 0. The van der Waals surface area contributed by atoms with E-state index in [1.54, 1.807) is 19.9 Å². The van der Waals surface area contributed by atoms with Crippen molar-refractivity contribution >= 4 is 5.69 Å². The molecule has 0 saturated heterocycles. The van der Waals surface area contributed by atoms with Gasteiger partial charge in [0.1, 0.15) is 5.82 Å². The molecule has 0 heterocycles. The summed E-state index contributed by atoms with van der Waals surface area (Å²) in [5.74, 6) is -0.267. The molecule has 0 fully saturated rings. The van der Waals surface area contributed by atoms with Crippen LogP contribution in [-0.2, 0) is 0 Å². The first kappa shape index (κ1) is 13.0. The summed E-state index contributed by atoms with van der Waals surface area (Å²) in [4.78, 5) is 2.04. The molecule has 0 bridgehead atoms. The summed E-state index contributed by atoms with van der Waals surface area (Å²) in [6, 6.07) is 3.52. The van der Waals surface area contributed by atoms with Crippen molar-refractivity contribution in [3.63, 3.8) is 0 Å². The Morgan fingerprint density at radius 2 is 1.81 bits per heavy atom. The summed E-state index contributed by atoms with van der Waals surface area (Å²) in [5.41, 5.74) is 2.13. The Labute approximate surface area is 96.7 Å². The van der Waals surface area contributed by atoms with Crippen LogP contribution in [0.2, 0.25) is 0 Å². The van der Waals surface area contributed by atoms with Gasteiger partial charge in [-0.3, -0.25) is 0 Å². The molecule has 1 unspecified atom stereocenters. The summed E-state index contributed by atoms with van der Waals surface area (Å²) < 4.78 is 13.5. The van der Waals surface area contributed by atoms with Gasteiger partial charge in [0, 0.05) is 24.3 Å². The molecule has 0 aliphatic carbocycles. The molecule has 0 radical (unpaired) electrons. The second kappa shape index (κ2) is 4.83. The first-order valence-corrected chi connectivity index (χ1v) is 5.55. The summed E-state index contributed by atoms with van der Waals surface area (Å²) in [6.07, 6.45) is -0.661. The predicted molar refractivity (Wildman–Crippen MR) is 65.3 cm³/mol. The third-order valence-corrected chi connectivity index (χ3v) is 2.91. The van der Waals surface area contributed by atoms with Gasteiger partial charge in [0.25, 0.3) is 0 Å². The zero-order valence-electron chi connectivity index (χ0n) is 10.6. The average molecular weight is 225 g/mol. The summed E-state index contributed by atoms with van der Waals surface area (Å²) in [7, 11) is 1.95. The van der Waals surface area contributed by atoms with Crippen molar-refractivity contribution in [2.75, 3.05) is 11.9 Å². The monoisotopic (exact) mass is 225 g/mol. The number of rotatable bonds is 3. The molecule has 0 spiro atoms. The van der Waals surface area contributed by atoms with E-state index in [4.69, 9.17) is 0 Å². The third-order valence-electron chi connectivity index (χ3n) is 2.91. The molecule has 1 aromatic carbocycles. The van der Waals surface area contributed by atoms with Crippen LogP contribution in [0.25, 0.3) is 0 Å². The van der Waals surface area contributed by atoms with Crippen molar-refractivity contribution in [3.05, 3.63) is 29.1 Å². The van der Waals surface area contributed by atoms with Gasteiger partial charge in [0.05, 0.1) is 6.10 Å². The Kier molecular flexibility index (Phi) is 3.92. The van der Waals surface area contributed by atoms with Gasteiger partial charge in [-0.1, -0.05) is 0 Å². The van der Waals surface area contributed by atoms with Gasteiger partial charge in [-0.2, -0.15) is 0 Å². The Morgan fingerprint density at radius 3 is 2.25 bits per heavy atom. The maximum Gasteiger partial charge on any atom is 0.126 e. The molecule has 2 nitrogen and oxygen atoms in total. The number of hydrogen-bond acceptors (Lipinski definition) is 2. The lowest BCUT2D eigenvalue weighted by atomic mass is 10.0. The van der Waals surface area contributed by atoms with E-state index in [2.05, 4.69) is 13.8 Å². The van der Waals surface area contributed by atoms with Crippen molar-refractivity contribution in [1.29, 1.82) is 0 Å². The minimum Gasteiger partial charge on any atom is -0.389 e. The smallest absolute Gasteiger partial charge is 0.126 e. The van der Waals surface area contributed by atoms with E-state index in [-0.39, 0.29) is 5.82 Å². The third kappa shape index (κ3) is 2.53. The highest BCUT2D eigenvalue weighted by molar-refractivity contribution is 5.56. The van der Waals surface area contributed by atoms with E-state index in [0.29, 0.717) is 17.2 Å². The van der Waals surface area contributed by atoms with Crippen LogP contribution in [0.3, 0.4) is 0 Å². The average Bonchev–Trinajstić information content (AvgIpc) is 2.19. The zero-order chi connectivity index (χ0) is 12.5. The van der Waals surface area contributed by atoms with Crippen LogP contribution in [0, 0.1) is 12.7 Å². The van der Waals surface area contributed by atoms with Crippen molar-refractivity contribution in [2.24, 2.45) is 0 Å². The van der Waals surface area contributed by atoms with E-state index in [9.17, 15) is 9.50 Å². The first-order chi connectivity index (χ1) is 7.34. The van der Waals surface area contributed by atoms with Crippen molar-refractivity contribution < 1.29 is 9.50 Å². The van der Waals surface area contributed by atoms with Crippen LogP contribution in [0.4, 0.5) is 10.1 Å². The molecule has 3 heteroatoms. The SMILES string of the molecule is Cc1cc(N(C)C(C)C)c(C(C)O)cc1F. The molecule has 0 amide bonds. The lowest BCUT2D eigenvalue weighted by molar-refractivity contribution is 0.199. The van der Waals surface area contributed by atoms with Crippen LogP contribution < -0.4 is 4.90 Å². The fourth-order valence-corrected chi connectivity index (χ4v) is 1.60. The highest BCUT2D eigenvalue weighted by Gasteiger charge is 2.16. The van der Waals surface area contributed by atoms with Gasteiger partial charge in [-0.25, -0.2) is 4.39 Å². The molecule has 1 rings (SSSR count). The number of hydrogen-bond donors (Lipinski definition) is 1. The van der Waals surface area contributed by atoms with Crippen LogP contribution in [0.1, 0.15) is 38.0 Å². The Morgan fingerprint density at radius 1 is 1.25 bits per heavy atom. The lowest BCUT2D eigenvalue weighted by Crippen LogP contribution is -2.27. The summed E-state index contributed by atoms with van der Waals surface area (Å²) in [5, 5.41) is 9.66. The molecule has 0 saturated carbocycles. The topological polar surface area (TPSA) is 23.5 Å². The number of anilines is 1. The standard InChI is InChI=1S/C13H20FNO/c1-8(2)15(5)13-6-9(3)12(14)7-11(13)10(4)16/h6-8,10,16H,1-5H3. The zero-order valence-corrected chi connectivity index (χ0v) is 10.6. The molecule has 90 valence electrons. The van der Waals surface area contributed by atoms with E-state index < -0.39 is 6.10 Å². The van der Waals surface area contributed by atoms with Gasteiger partial charge in [0.15, 0.2) is 0 Å². The molecule has 0 aliphatic heterocycles. The minimum atomic E-state index is -0.661. The molecule has 1 aromatic rings. The highest BCUT2D eigenvalue weighted by Crippen LogP contribution is 2.29. The number of aryl methyl sites for hydroxylation is 1. The predicted octanol–water partition coefficient (Wildman–Crippen LogP) is 3.03. The number of halogens is 1. The lowest BCUT2D eigenvalue weighted by Gasteiger charge is -2.28. The van der Waals surface area contributed by atoms with E-state index in [1.165, 1.54) is 6.07 Å². The molecular formula is C13H20FNO. The van der Waals surface area contributed by atoms with Crippen LogP contribution in [0.15, 0.2) is 12.1 Å². The molecule has 1 atom stereocenters. The number of benzene rings is 1. The van der Waals surface area contributed by atoms with Crippen molar-refractivity contribution in [1.82, 2.24) is 0 Å². The number of aliphatic hydroxyl groups excluding tert-OH is 1. The Hall–Kier alpha value is -1.09. The van der Waals surface area contributed by atoms with Crippen molar-refractivity contribution in [3.8, 4) is 0 Å².